The lowest BCUT2D eigenvalue weighted by atomic mass is 9.75. The van der Waals surface area contributed by atoms with Crippen molar-refractivity contribution in [2.75, 3.05) is 0 Å². The van der Waals surface area contributed by atoms with Crippen LogP contribution in [0.15, 0.2) is 28.8 Å². The average molecular weight is 283 g/mol. The highest BCUT2D eigenvalue weighted by Gasteiger charge is 2.35. The molecule has 4 nitrogen and oxygen atoms in total. The zero-order valence-electron chi connectivity index (χ0n) is 12.2. The number of aryl methyl sites for hydroxylation is 1. The van der Waals surface area contributed by atoms with Crippen molar-refractivity contribution >= 4 is 0 Å². The van der Waals surface area contributed by atoms with Crippen molar-refractivity contribution in [3.8, 4) is 0 Å². The third kappa shape index (κ3) is 2.38. The highest BCUT2D eigenvalue weighted by atomic mass is 16.5. The second-order valence-corrected chi connectivity index (χ2v) is 6.58. The Morgan fingerprint density at radius 2 is 2.10 bits per heavy atom. The van der Waals surface area contributed by atoms with Gasteiger partial charge in [-0.1, -0.05) is 29.4 Å². The molecule has 21 heavy (non-hydrogen) atoms. The van der Waals surface area contributed by atoms with Gasteiger partial charge in [-0.2, -0.15) is 4.98 Å². The summed E-state index contributed by atoms with van der Waals surface area (Å²) in [5, 5.41) is 4.24. The molecule has 2 aromatic rings. The summed E-state index contributed by atoms with van der Waals surface area (Å²) in [6, 6.07) is 8.62. The van der Waals surface area contributed by atoms with E-state index in [0.29, 0.717) is 12.3 Å². The fraction of sp³-hybridized carbons (Fsp3) is 0.529. The van der Waals surface area contributed by atoms with E-state index in [-0.39, 0.29) is 11.5 Å². The summed E-state index contributed by atoms with van der Waals surface area (Å²) >= 11 is 0. The van der Waals surface area contributed by atoms with Crippen LogP contribution in [0.25, 0.3) is 0 Å². The van der Waals surface area contributed by atoms with Crippen molar-refractivity contribution in [2.24, 2.45) is 5.73 Å². The third-order valence-corrected chi connectivity index (χ3v) is 5.02. The van der Waals surface area contributed by atoms with Gasteiger partial charge < -0.3 is 10.3 Å². The molecule has 1 unspecified atom stereocenters. The summed E-state index contributed by atoms with van der Waals surface area (Å²) in [4.78, 5) is 4.64. The van der Waals surface area contributed by atoms with Gasteiger partial charge in [0.2, 0.25) is 5.89 Å². The van der Waals surface area contributed by atoms with E-state index in [1.807, 2.05) is 0 Å². The molecule has 1 atom stereocenters. The summed E-state index contributed by atoms with van der Waals surface area (Å²) in [5.74, 6) is 1.82. The maximum Gasteiger partial charge on any atom is 0.228 e. The summed E-state index contributed by atoms with van der Waals surface area (Å²) in [6.45, 7) is 0. The molecule has 0 saturated heterocycles. The molecule has 0 amide bonds. The third-order valence-electron chi connectivity index (χ3n) is 5.02. The predicted octanol–water partition coefficient (Wildman–Crippen LogP) is 2.96. The zero-order chi connectivity index (χ0) is 14.3. The van der Waals surface area contributed by atoms with E-state index in [1.54, 1.807) is 0 Å². The lowest BCUT2D eigenvalue weighted by molar-refractivity contribution is 0.221. The number of benzene rings is 1. The van der Waals surface area contributed by atoms with Crippen LogP contribution in [0.1, 0.15) is 60.9 Å². The van der Waals surface area contributed by atoms with Gasteiger partial charge in [0.05, 0.1) is 0 Å². The second kappa shape index (κ2) is 4.95. The van der Waals surface area contributed by atoms with Crippen LogP contribution in [0.3, 0.4) is 0 Å². The van der Waals surface area contributed by atoms with Gasteiger partial charge in [0, 0.05) is 17.9 Å². The van der Waals surface area contributed by atoms with Gasteiger partial charge in [-0.3, -0.25) is 0 Å². The van der Waals surface area contributed by atoms with Gasteiger partial charge in [0.1, 0.15) is 0 Å². The molecule has 0 spiro atoms. The van der Waals surface area contributed by atoms with Crippen molar-refractivity contribution in [1.82, 2.24) is 10.1 Å². The Balaban J connectivity index is 1.59. The first-order chi connectivity index (χ1) is 10.2. The minimum atomic E-state index is -0.103. The monoisotopic (exact) mass is 283 g/mol. The SMILES string of the molecule is NC1(Cc2nc(C3CCCc4ccccc43)no2)CCC1. The lowest BCUT2D eigenvalue weighted by Crippen LogP contribution is -2.48. The molecule has 1 fully saturated rings. The van der Waals surface area contributed by atoms with Crippen LogP contribution in [0.5, 0.6) is 0 Å². The van der Waals surface area contributed by atoms with Crippen LogP contribution in [0.4, 0.5) is 0 Å². The van der Waals surface area contributed by atoms with E-state index in [4.69, 9.17) is 10.3 Å². The maximum absolute atomic E-state index is 6.27. The number of hydrogen-bond acceptors (Lipinski definition) is 4. The standard InChI is InChI=1S/C17H21N3O/c18-17(9-4-10-17)11-15-19-16(20-21-15)14-8-3-6-12-5-1-2-7-13(12)14/h1-2,5,7,14H,3-4,6,8-11,18H2. The number of nitrogens with two attached hydrogens (primary N) is 1. The molecule has 0 aliphatic heterocycles. The molecule has 1 aromatic heterocycles. The number of nitrogens with zero attached hydrogens (tertiary/aromatic N) is 2. The first-order valence-corrected chi connectivity index (χ1v) is 7.93. The van der Waals surface area contributed by atoms with Gasteiger partial charge in [0.25, 0.3) is 0 Å². The molecule has 2 aliphatic rings. The average Bonchev–Trinajstić information content (AvgIpc) is 2.93. The summed E-state index contributed by atoms with van der Waals surface area (Å²) in [7, 11) is 0. The zero-order valence-corrected chi connectivity index (χ0v) is 12.2. The van der Waals surface area contributed by atoms with Crippen LogP contribution in [-0.4, -0.2) is 15.7 Å². The van der Waals surface area contributed by atoms with Gasteiger partial charge in [-0.05, 0) is 49.7 Å². The minimum absolute atomic E-state index is 0.103. The van der Waals surface area contributed by atoms with E-state index in [1.165, 1.54) is 24.0 Å². The van der Waals surface area contributed by atoms with E-state index >= 15 is 0 Å². The molecule has 0 bridgehead atoms. The fourth-order valence-corrected chi connectivity index (χ4v) is 3.61. The summed E-state index contributed by atoms with van der Waals surface area (Å²) < 4.78 is 5.46. The highest BCUT2D eigenvalue weighted by molar-refractivity contribution is 5.36. The van der Waals surface area contributed by atoms with Crippen LogP contribution < -0.4 is 5.73 Å². The van der Waals surface area contributed by atoms with Crippen molar-refractivity contribution in [2.45, 2.75) is 56.4 Å². The quantitative estimate of drug-likeness (QED) is 0.940. The van der Waals surface area contributed by atoms with E-state index in [0.717, 1.165) is 31.5 Å². The maximum atomic E-state index is 6.27. The topological polar surface area (TPSA) is 64.9 Å². The molecular formula is C17H21N3O. The van der Waals surface area contributed by atoms with Crippen molar-refractivity contribution in [3.63, 3.8) is 0 Å². The first-order valence-electron chi connectivity index (χ1n) is 7.93. The Bertz CT molecular complexity index is 645. The summed E-state index contributed by atoms with van der Waals surface area (Å²) in [5.41, 5.74) is 8.96. The Kier molecular flexibility index (Phi) is 3.07. The van der Waals surface area contributed by atoms with E-state index < -0.39 is 0 Å². The van der Waals surface area contributed by atoms with Crippen molar-refractivity contribution in [3.05, 3.63) is 47.1 Å². The highest BCUT2D eigenvalue weighted by Crippen LogP contribution is 2.36. The molecule has 2 N–H and O–H groups in total. The molecule has 110 valence electrons. The molecule has 2 aliphatic carbocycles. The normalized spacial score (nSPS) is 23.4. The fourth-order valence-electron chi connectivity index (χ4n) is 3.61. The Morgan fingerprint density at radius 3 is 2.90 bits per heavy atom. The molecule has 1 aromatic carbocycles. The predicted molar refractivity (Wildman–Crippen MR) is 80.0 cm³/mol. The number of hydrogen-bond donors (Lipinski definition) is 1. The molecule has 4 heteroatoms. The molecule has 4 rings (SSSR count). The molecule has 0 radical (unpaired) electrons. The van der Waals surface area contributed by atoms with Crippen LogP contribution in [0, 0.1) is 0 Å². The molecule has 1 saturated carbocycles. The van der Waals surface area contributed by atoms with Gasteiger partial charge in [-0.25, -0.2) is 0 Å². The van der Waals surface area contributed by atoms with Crippen LogP contribution in [-0.2, 0) is 12.8 Å². The largest absolute Gasteiger partial charge is 0.339 e. The number of aromatic nitrogens is 2. The number of rotatable bonds is 3. The van der Waals surface area contributed by atoms with Gasteiger partial charge in [-0.15, -0.1) is 0 Å². The Hall–Kier alpha value is -1.68. The second-order valence-electron chi connectivity index (χ2n) is 6.58. The van der Waals surface area contributed by atoms with E-state index in [9.17, 15) is 0 Å². The van der Waals surface area contributed by atoms with Gasteiger partial charge >= 0.3 is 0 Å². The smallest absolute Gasteiger partial charge is 0.228 e. The number of fused-ring (bicyclic) bond motifs is 1. The van der Waals surface area contributed by atoms with Crippen molar-refractivity contribution < 1.29 is 4.52 Å². The Labute approximate surface area is 124 Å². The lowest BCUT2D eigenvalue weighted by Gasteiger charge is -2.36. The first kappa shape index (κ1) is 13.0. The summed E-state index contributed by atoms with van der Waals surface area (Å²) in [6.07, 6.45) is 7.51. The minimum Gasteiger partial charge on any atom is -0.339 e. The van der Waals surface area contributed by atoms with Gasteiger partial charge in [0.15, 0.2) is 5.82 Å². The molecular weight excluding hydrogens is 262 g/mol. The molecule has 1 heterocycles. The van der Waals surface area contributed by atoms with Crippen LogP contribution in [0.2, 0.25) is 0 Å². The Morgan fingerprint density at radius 1 is 1.24 bits per heavy atom. The van der Waals surface area contributed by atoms with E-state index in [2.05, 4.69) is 34.4 Å². The van der Waals surface area contributed by atoms with Crippen LogP contribution >= 0.6 is 0 Å². The van der Waals surface area contributed by atoms with Crippen molar-refractivity contribution in [1.29, 1.82) is 0 Å².